The van der Waals surface area contributed by atoms with Crippen LogP contribution in [0.3, 0.4) is 0 Å². The molecule has 6 heteroatoms. The topological polar surface area (TPSA) is 68.0 Å². The van der Waals surface area contributed by atoms with Crippen LogP contribution in [-0.4, -0.2) is 21.6 Å². The molecule has 118 valence electrons. The average Bonchev–Trinajstić information content (AvgIpc) is 2.96. The SMILES string of the molecule is CC(SCC(=O)Nc1ccccn1)c1ncc(C(C)(C)C)o1. The summed E-state index contributed by atoms with van der Waals surface area (Å²) in [6.07, 6.45) is 3.41. The quantitative estimate of drug-likeness (QED) is 0.908. The van der Waals surface area contributed by atoms with Crippen LogP contribution in [0.15, 0.2) is 35.0 Å². The van der Waals surface area contributed by atoms with Gasteiger partial charge in [-0.25, -0.2) is 9.97 Å². The first kappa shape index (κ1) is 16.5. The Bertz CT molecular complexity index is 620. The summed E-state index contributed by atoms with van der Waals surface area (Å²) >= 11 is 1.48. The number of carbonyl (C=O) groups excluding carboxylic acids is 1. The summed E-state index contributed by atoms with van der Waals surface area (Å²) in [5.41, 5.74) is -0.0635. The van der Waals surface area contributed by atoms with Crippen LogP contribution in [0, 0.1) is 0 Å². The van der Waals surface area contributed by atoms with Crippen LogP contribution < -0.4 is 5.32 Å². The molecule has 0 spiro atoms. The number of anilines is 1. The molecule has 0 aliphatic heterocycles. The Morgan fingerprint density at radius 2 is 2.14 bits per heavy atom. The van der Waals surface area contributed by atoms with Crippen LogP contribution in [0.1, 0.15) is 44.6 Å². The van der Waals surface area contributed by atoms with Gasteiger partial charge in [-0.05, 0) is 19.1 Å². The number of amides is 1. The summed E-state index contributed by atoms with van der Waals surface area (Å²) in [4.78, 5) is 20.3. The van der Waals surface area contributed by atoms with Crippen molar-refractivity contribution in [3.63, 3.8) is 0 Å². The van der Waals surface area contributed by atoms with Crippen molar-refractivity contribution < 1.29 is 9.21 Å². The Hall–Kier alpha value is -1.82. The summed E-state index contributed by atoms with van der Waals surface area (Å²) in [6.45, 7) is 8.22. The summed E-state index contributed by atoms with van der Waals surface area (Å²) < 4.78 is 5.78. The molecule has 0 aliphatic carbocycles. The molecule has 0 fully saturated rings. The number of hydrogen-bond donors (Lipinski definition) is 1. The number of oxazole rings is 1. The van der Waals surface area contributed by atoms with E-state index in [1.54, 1.807) is 18.5 Å². The molecule has 5 nitrogen and oxygen atoms in total. The minimum absolute atomic E-state index is 0.0191. The predicted octanol–water partition coefficient (Wildman–Crippen LogP) is 3.80. The molecule has 2 heterocycles. The number of nitrogens with zero attached hydrogens (tertiary/aromatic N) is 2. The standard InChI is InChI=1S/C16H21N3O2S/c1-11(15-18-9-12(21-15)16(2,3)4)22-10-14(20)19-13-7-5-6-8-17-13/h5-9,11H,10H2,1-4H3,(H,17,19,20). The fraction of sp³-hybridized carbons (Fsp3) is 0.438. The Labute approximate surface area is 134 Å². The molecular weight excluding hydrogens is 298 g/mol. The van der Waals surface area contributed by atoms with E-state index in [0.29, 0.717) is 17.5 Å². The zero-order valence-corrected chi connectivity index (χ0v) is 14.1. The molecule has 2 aromatic heterocycles. The third kappa shape index (κ3) is 4.59. The molecule has 0 radical (unpaired) electrons. The number of pyridine rings is 1. The molecule has 0 aromatic carbocycles. The van der Waals surface area contributed by atoms with Crippen LogP contribution in [0.5, 0.6) is 0 Å². The third-order valence-corrected chi connectivity index (χ3v) is 4.14. The van der Waals surface area contributed by atoms with Crippen molar-refractivity contribution in [3.05, 3.63) is 42.2 Å². The van der Waals surface area contributed by atoms with E-state index in [4.69, 9.17) is 4.42 Å². The number of thioether (sulfide) groups is 1. The minimum Gasteiger partial charge on any atom is -0.444 e. The summed E-state index contributed by atoms with van der Waals surface area (Å²) in [6, 6.07) is 5.40. The first-order valence-corrected chi connectivity index (χ1v) is 8.20. The maximum Gasteiger partial charge on any atom is 0.235 e. The zero-order valence-electron chi connectivity index (χ0n) is 13.3. The van der Waals surface area contributed by atoms with Gasteiger partial charge >= 0.3 is 0 Å². The molecule has 0 saturated heterocycles. The van der Waals surface area contributed by atoms with E-state index in [-0.39, 0.29) is 16.6 Å². The lowest BCUT2D eigenvalue weighted by molar-refractivity contribution is -0.113. The molecule has 1 atom stereocenters. The second-order valence-electron chi connectivity index (χ2n) is 6.03. The van der Waals surface area contributed by atoms with Crippen LogP contribution in [-0.2, 0) is 10.2 Å². The van der Waals surface area contributed by atoms with Gasteiger partial charge in [-0.15, -0.1) is 11.8 Å². The van der Waals surface area contributed by atoms with E-state index in [1.807, 2.05) is 19.1 Å². The fourth-order valence-electron chi connectivity index (χ4n) is 1.71. The normalized spacial score (nSPS) is 12.9. The van der Waals surface area contributed by atoms with Gasteiger partial charge in [0.2, 0.25) is 11.8 Å². The van der Waals surface area contributed by atoms with Crippen molar-refractivity contribution in [1.29, 1.82) is 0 Å². The van der Waals surface area contributed by atoms with Crippen molar-refractivity contribution in [2.24, 2.45) is 0 Å². The van der Waals surface area contributed by atoms with Crippen LogP contribution >= 0.6 is 11.8 Å². The lowest BCUT2D eigenvalue weighted by Gasteiger charge is -2.13. The second-order valence-corrected chi connectivity index (χ2v) is 7.36. The van der Waals surface area contributed by atoms with Crippen LogP contribution in [0.4, 0.5) is 5.82 Å². The van der Waals surface area contributed by atoms with E-state index in [2.05, 4.69) is 36.1 Å². The Kier molecular flexibility index (Phi) is 5.24. The summed E-state index contributed by atoms with van der Waals surface area (Å²) in [5.74, 6) is 2.31. The van der Waals surface area contributed by atoms with E-state index in [1.165, 1.54) is 11.8 Å². The maximum atomic E-state index is 11.9. The summed E-state index contributed by atoms with van der Waals surface area (Å²) in [5, 5.41) is 2.78. The van der Waals surface area contributed by atoms with Gasteiger partial charge in [0, 0.05) is 11.6 Å². The maximum absolute atomic E-state index is 11.9. The molecule has 1 N–H and O–H groups in total. The number of nitrogens with one attached hydrogen (secondary N) is 1. The van der Waals surface area contributed by atoms with Crippen LogP contribution in [0.25, 0.3) is 0 Å². The molecule has 0 aliphatic rings. The van der Waals surface area contributed by atoms with E-state index >= 15 is 0 Å². The van der Waals surface area contributed by atoms with Gasteiger partial charge in [-0.3, -0.25) is 4.79 Å². The lowest BCUT2D eigenvalue weighted by Crippen LogP contribution is -2.15. The number of aromatic nitrogens is 2. The number of rotatable bonds is 5. The van der Waals surface area contributed by atoms with Crippen molar-refractivity contribution >= 4 is 23.5 Å². The van der Waals surface area contributed by atoms with Gasteiger partial charge in [-0.2, -0.15) is 0 Å². The largest absolute Gasteiger partial charge is 0.444 e. The Morgan fingerprint density at radius 3 is 2.73 bits per heavy atom. The Balaban J connectivity index is 1.86. The fourth-order valence-corrected chi connectivity index (χ4v) is 2.43. The van der Waals surface area contributed by atoms with Gasteiger partial charge in [0.15, 0.2) is 0 Å². The molecule has 2 aromatic rings. The minimum atomic E-state index is -0.0850. The highest BCUT2D eigenvalue weighted by atomic mass is 32.2. The molecule has 0 bridgehead atoms. The highest BCUT2D eigenvalue weighted by molar-refractivity contribution is 8.00. The smallest absolute Gasteiger partial charge is 0.235 e. The van der Waals surface area contributed by atoms with Crippen molar-refractivity contribution in [2.45, 2.75) is 38.4 Å². The predicted molar refractivity (Wildman–Crippen MR) is 88.9 cm³/mol. The van der Waals surface area contributed by atoms with E-state index in [0.717, 1.165) is 5.76 Å². The number of carbonyl (C=O) groups is 1. The Morgan fingerprint density at radius 1 is 1.36 bits per heavy atom. The third-order valence-electron chi connectivity index (χ3n) is 3.01. The average molecular weight is 319 g/mol. The van der Waals surface area contributed by atoms with Gasteiger partial charge in [0.05, 0.1) is 17.2 Å². The van der Waals surface area contributed by atoms with Crippen molar-refractivity contribution in [1.82, 2.24) is 9.97 Å². The van der Waals surface area contributed by atoms with Crippen molar-refractivity contribution in [2.75, 3.05) is 11.1 Å². The summed E-state index contributed by atoms with van der Waals surface area (Å²) in [7, 11) is 0. The van der Waals surface area contributed by atoms with Crippen LogP contribution in [0.2, 0.25) is 0 Å². The monoisotopic (exact) mass is 319 g/mol. The first-order chi connectivity index (χ1) is 10.4. The zero-order chi connectivity index (χ0) is 16.2. The van der Waals surface area contributed by atoms with E-state index < -0.39 is 0 Å². The highest BCUT2D eigenvalue weighted by Crippen LogP contribution is 2.31. The van der Waals surface area contributed by atoms with Gasteiger partial charge in [0.1, 0.15) is 11.6 Å². The van der Waals surface area contributed by atoms with Gasteiger partial charge < -0.3 is 9.73 Å². The molecule has 22 heavy (non-hydrogen) atoms. The molecule has 0 saturated carbocycles. The molecule has 2 rings (SSSR count). The first-order valence-electron chi connectivity index (χ1n) is 7.15. The van der Waals surface area contributed by atoms with Gasteiger partial charge in [-0.1, -0.05) is 26.8 Å². The lowest BCUT2D eigenvalue weighted by atomic mass is 9.94. The van der Waals surface area contributed by atoms with E-state index in [9.17, 15) is 4.79 Å². The van der Waals surface area contributed by atoms with Crippen molar-refractivity contribution in [3.8, 4) is 0 Å². The van der Waals surface area contributed by atoms with Gasteiger partial charge in [0.25, 0.3) is 0 Å². The number of hydrogen-bond acceptors (Lipinski definition) is 5. The second kappa shape index (κ2) is 6.96. The highest BCUT2D eigenvalue weighted by Gasteiger charge is 2.21. The molecule has 1 unspecified atom stereocenters. The molecule has 1 amide bonds. The molecular formula is C16H21N3O2S.